The van der Waals surface area contributed by atoms with Crippen LogP contribution in [-0.4, -0.2) is 27.8 Å². The van der Waals surface area contributed by atoms with Gasteiger partial charge in [0.1, 0.15) is 0 Å². The van der Waals surface area contributed by atoms with Gasteiger partial charge in [-0.25, -0.2) is 0 Å². The van der Waals surface area contributed by atoms with Crippen LogP contribution in [0.15, 0.2) is 4.47 Å². The lowest BCUT2D eigenvalue weighted by atomic mass is 9.87. The van der Waals surface area contributed by atoms with Gasteiger partial charge >= 0.3 is 0 Å². The summed E-state index contributed by atoms with van der Waals surface area (Å²) in [5.74, 6) is 0. The Bertz CT molecular complexity index is 418. The highest BCUT2D eigenvalue weighted by atomic mass is 79.9. The average Bonchev–Trinajstić information content (AvgIpc) is 2.64. The third-order valence-electron chi connectivity index (χ3n) is 4.01. The van der Waals surface area contributed by atoms with Crippen molar-refractivity contribution in [2.45, 2.75) is 67.1 Å². The van der Waals surface area contributed by atoms with E-state index in [1.807, 2.05) is 0 Å². The lowest BCUT2D eigenvalue weighted by Crippen LogP contribution is -2.39. The number of halogens is 1. The Hall–Kier alpha value is -0.350. The van der Waals surface area contributed by atoms with Crippen molar-refractivity contribution in [1.82, 2.24) is 14.7 Å². The van der Waals surface area contributed by atoms with E-state index in [2.05, 4.69) is 79.2 Å². The van der Waals surface area contributed by atoms with Gasteiger partial charge in [-0.15, -0.1) is 0 Å². The number of aryl methyl sites for hydroxylation is 2. The second kappa shape index (κ2) is 6.40. The SMILES string of the molecule is CCc1nn(CC)c(CN(C)C(C)C(C)(C)C)c1Br. The summed E-state index contributed by atoms with van der Waals surface area (Å²) in [4.78, 5) is 2.41. The molecule has 0 saturated carbocycles. The third kappa shape index (κ3) is 3.82. The molecule has 0 spiro atoms. The van der Waals surface area contributed by atoms with E-state index in [-0.39, 0.29) is 5.41 Å². The zero-order chi connectivity index (χ0) is 14.8. The lowest BCUT2D eigenvalue weighted by molar-refractivity contribution is 0.131. The maximum Gasteiger partial charge on any atom is 0.0767 e. The van der Waals surface area contributed by atoms with Gasteiger partial charge in [-0.05, 0) is 48.7 Å². The normalized spacial score (nSPS) is 14.2. The second-order valence-corrected chi connectivity index (χ2v) is 7.13. The standard InChI is InChI=1S/C15H28BrN3/c1-8-12-14(16)13(19(9-2)17-12)10-18(7)11(3)15(4,5)6/h11H,8-10H2,1-7H3. The van der Waals surface area contributed by atoms with Crippen molar-refractivity contribution in [3.05, 3.63) is 15.9 Å². The predicted octanol–water partition coefficient (Wildman–Crippen LogP) is 4.09. The molecular weight excluding hydrogens is 302 g/mol. The smallest absolute Gasteiger partial charge is 0.0767 e. The van der Waals surface area contributed by atoms with E-state index in [0.717, 1.165) is 25.2 Å². The largest absolute Gasteiger partial charge is 0.297 e. The minimum Gasteiger partial charge on any atom is -0.297 e. The van der Waals surface area contributed by atoms with E-state index in [9.17, 15) is 0 Å². The monoisotopic (exact) mass is 329 g/mol. The van der Waals surface area contributed by atoms with E-state index in [4.69, 9.17) is 0 Å². The summed E-state index contributed by atoms with van der Waals surface area (Å²) >= 11 is 3.72. The van der Waals surface area contributed by atoms with Crippen LogP contribution in [0.25, 0.3) is 0 Å². The molecule has 0 aliphatic rings. The van der Waals surface area contributed by atoms with Crippen molar-refractivity contribution < 1.29 is 0 Å². The summed E-state index contributed by atoms with van der Waals surface area (Å²) in [5.41, 5.74) is 2.73. The maximum atomic E-state index is 4.66. The molecule has 0 aliphatic heterocycles. The van der Waals surface area contributed by atoms with Gasteiger partial charge < -0.3 is 0 Å². The Balaban J connectivity index is 2.96. The molecule has 1 atom stereocenters. The van der Waals surface area contributed by atoms with Crippen molar-refractivity contribution in [2.75, 3.05) is 7.05 Å². The van der Waals surface area contributed by atoms with Crippen LogP contribution < -0.4 is 0 Å². The minimum atomic E-state index is 0.284. The zero-order valence-electron chi connectivity index (χ0n) is 13.4. The highest BCUT2D eigenvalue weighted by Crippen LogP contribution is 2.27. The average molecular weight is 330 g/mol. The first-order chi connectivity index (χ1) is 8.72. The minimum absolute atomic E-state index is 0.284. The molecule has 1 aromatic rings. The molecule has 4 heteroatoms. The molecule has 1 heterocycles. The molecule has 0 amide bonds. The Morgan fingerprint density at radius 1 is 1.32 bits per heavy atom. The molecule has 1 aromatic heterocycles. The molecule has 0 N–H and O–H groups in total. The molecule has 1 unspecified atom stereocenters. The van der Waals surface area contributed by atoms with Gasteiger partial charge in [-0.1, -0.05) is 27.7 Å². The van der Waals surface area contributed by atoms with Crippen LogP contribution in [0.2, 0.25) is 0 Å². The van der Waals surface area contributed by atoms with E-state index in [1.165, 1.54) is 10.2 Å². The molecule has 0 aliphatic carbocycles. The third-order valence-corrected chi connectivity index (χ3v) is 4.92. The van der Waals surface area contributed by atoms with Crippen molar-refractivity contribution in [1.29, 1.82) is 0 Å². The van der Waals surface area contributed by atoms with E-state index >= 15 is 0 Å². The van der Waals surface area contributed by atoms with Crippen LogP contribution in [0.5, 0.6) is 0 Å². The lowest BCUT2D eigenvalue weighted by Gasteiger charge is -2.35. The van der Waals surface area contributed by atoms with Gasteiger partial charge in [0.05, 0.1) is 15.9 Å². The first-order valence-electron chi connectivity index (χ1n) is 7.16. The molecule has 1 rings (SSSR count). The summed E-state index contributed by atoms with van der Waals surface area (Å²) in [5, 5.41) is 4.66. The number of hydrogen-bond donors (Lipinski definition) is 0. The Kier molecular flexibility index (Phi) is 5.63. The molecular formula is C15H28BrN3. The van der Waals surface area contributed by atoms with Crippen molar-refractivity contribution >= 4 is 15.9 Å². The first kappa shape index (κ1) is 16.7. The molecule has 0 bridgehead atoms. The van der Waals surface area contributed by atoms with Crippen molar-refractivity contribution in [2.24, 2.45) is 5.41 Å². The fraction of sp³-hybridized carbons (Fsp3) is 0.800. The van der Waals surface area contributed by atoms with Crippen LogP contribution in [0, 0.1) is 5.41 Å². The number of aromatic nitrogens is 2. The maximum absolute atomic E-state index is 4.66. The van der Waals surface area contributed by atoms with E-state index < -0.39 is 0 Å². The molecule has 3 nitrogen and oxygen atoms in total. The Labute approximate surface area is 126 Å². The van der Waals surface area contributed by atoms with E-state index in [1.54, 1.807) is 0 Å². The van der Waals surface area contributed by atoms with Crippen LogP contribution in [0.3, 0.4) is 0 Å². The van der Waals surface area contributed by atoms with E-state index in [0.29, 0.717) is 6.04 Å². The molecule has 19 heavy (non-hydrogen) atoms. The highest BCUT2D eigenvalue weighted by molar-refractivity contribution is 9.10. The molecule has 110 valence electrons. The summed E-state index contributed by atoms with van der Waals surface area (Å²) in [6.45, 7) is 15.3. The highest BCUT2D eigenvalue weighted by Gasteiger charge is 2.25. The fourth-order valence-corrected chi connectivity index (χ4v) is 2.89. The zero-order valence-corrected chi connectivity index (χ0v) is 15.0. The summed E-state index contributed by atoms with van der Waals surface area (Å²) < 4.78 is 3.30. The summed E-state index contributed by atoms with van der Waals surface area (Å²) in [7, 11) is 2.20. The molecule has 0 saturated heterocycles. The quantitative estimate of drug-likeness (QED) is 0.811. The van der Waals surface area contributed by atoms with Gasteiger partial charge in [-0.3, -0.25) is 9.58 Å². The van der Waals surface area contributed by atoms with Crippen molar-refractivity contribution in [3.63, 3.8) is 0 Å². The van der Waals surface area contributed by atoms with Crippen molar-refractivity contribution in [3.8, 4) is 0 Å². The van der Waals surface area contributed by atoms with Crippen LogP contribution in [0.4, 0.5) is 0 Å². The van der Waals surface area contributed by atoms with Gasteiger partial charge in [0, 0.05) is 19.1 Å². The molecule has 0 radical (unpaired) electrons. The van der Waals surface area contributed by atoms with Gasteiger partial charge in [0.25, 0.3) is 0 Å². The number of nitrogens with zero attached hydrogens (tertiary/aromatic N) is 3. The van der Waals surface area contributed by atoms with Gasteiger partial charge in [0.2, 0.25) is 0 Å². The topological polar surface area (TPSA) is 21.1 Å². The summed E-state index contributed by atoms with van der Waals surface area (Å²) in [6, 6.07) is 0.518. The number of hydrogen-bond acceptors (Lipinski definition) is 2. The number of rotatable bonds is 5. The first-order valence-corrected chi connectivity index (χ1v) is 7.95. The summed E-state index contributed by atoms with van der Waals surface area (Å²) in [6.07, 6.45) is 0.971. The van der Waals surface area contributed by atoms with Gasteiger partial charge in [-0.2, -0.15) is 5.10 Å². The predicted molar refractivity (Wildman–Crippen MR) is 85.4 cm³/mol. The molecule has 0 fully saturated rings. The van der Waals surface area contributed by atoms with Crippen LogP contribution in [-0.2, 0) is 19.5 Å². The van der Waals surface area contributed by atoms with Crippen LogP contribution >= 0.6 is 15.9 Å². The van der Waals surface area contributed by atoms with Gasteiger partial charge in [0.15, 0.2) is 0 Å². The fourth-order valence-electron chi connectivity index (χ4n) is 2.20. The Morgan fingerprint density at radius 2 is 1.89 bits per heavy atom. The second-order valence-electron chi connectivity index (χ2n) is 6.33. The Morgan fingerprint density at radius 3 is 2.32 bits per heavy atom. The van der Waals surface area contributed by atoms with Crippen LogP contribution in [0.1, 0.15) is 52.9 Å². The molecule has 0 aromatic carbocycles.